The second-order valence-corrected chi connectivity index (χ2v) is 10.2. The van der Waals surface area contributed by atoms with E-state index in [2.05, 4.69) is 4.90 Å². The second-order valence-electron chi connectivity index (χ2n) is 10.2. The van der Waals surface area contributed by atoms with Crippen molar-refractivity contribution in [2.24, 2.45) is 0 Å². The van der Waals surface area contributed by atoms with Gasteiger partial charge in [0.1, 0.15) is 0 Å². The van der Waals surface area contributed by atoms with Crippen LogP contribution in [0, 0.1) is 0 Å². The molecular weight excluding hydrogens is 535 g/mol. The molecular formula is C27H28F3N3O7. The zero-order chi connectivity index (χ0) is 29.2. The Hall–Kier alpha value is -3.97. The van der Waals surface area contributed by atoms with Crippen LogP contribution in [-0.2, 0) is 16.0 Å². The normalized spacial score (nSPS) is 21.6. The number of hydrogen-bond acceptors (Lipinski definition) is 6. The summed E-state index contributed by atoms with van der Waals surface area (Å²) in [5.74, 6) is -3.99. The van der Waals surface area contributed by atoms with Crippen molar-refractivity contribution in [1.82, 2.24) is 14.7 Å². The van der Waals surface area contributed by atoms with Gasteiger partial charge in [-0.05, 0) is 30.2 Å². The van der Waals surface area contributed by atoms with Gasteiger partial charge in [-0.2, -0.15) is 13.2 Å². The van der Waals surface area contributed by atoms with Crippen molar-refractivity contribution < 1.29 is 47.7 Å². The number of carbonyl (C=O) groups is 4. The topological polar surface area (TPSA) is 139 Å². The molecule has 0 bridgehead atoms. The predicted molar refractivity (Wildman–Crippen MR) is 134 cm³/mol. The number of aliphatic hydroxyl groups is 1. The van der Waals surface area contributed by atoms with E-state index >= 15 is 0 Å². The lowest BCUT2D eigenvalue weighted by Crippen LogP contribution is -2.79. The molecule has 3 N–H and O–H groups in total. The number of hydrogen-bond donors (Lipinski definition) is 3. The fourth-order valence-electron chi connectivity index (χ4n) is 5.54. The minimum atomic E-state index is -5.08. The van der Waals surface area contributed by atoms with Crippen molar-refractivity contribution in [1.29, 1.82) is 0 Å². The van der Waals surface area contributed by atoms with Gasteiger partial charge in [0, 0.05) is 44.3 Å². The highest BCUT2D eigenvalue weighted by molar-refractivity contribution is 5.97. The summed E-state index contributed by atoms with van der Waals surface area (Å²) in [6, 6.07) is 15.7. The first-order chi connectivity index (χ1) is 18.8. The highest BCUT2D eigenvalue weighted by Gasteiger charge is 2.57. The van der Waals surface area contributed by atoms with Crippen molar-refractivity contribution in [2.45, 2.75) is 36.7 Å². The summed E-state index contributed by atoms with van der Waals surface area (Å²) in [4.78, 5) is 52.2. The smallest absolute Gasteiger partial charge is 0.478 e. The van der Waals surface area contributed by atoms with E-state index in [1.165, 1.54) is 12.1 Å². The molecule has 0 unspecified atom stereocenters. The zero-order valence-electron chi connectivity index (χ0n) is 21.3. The largest absolute Gasteiger partial charge is 0.490 e. The number of carboxylic acids is 2. The van der Waals surface area contributed by atoms with Crippen molar-refractivity contribution in [3.8, 4) is 0 Å². The molecule has 214 valence electrons. The van der Waals surface area contributed by atoms with Crippen LogP contribution in [0.4, 0.5) is 13.2 Å². The van der Waals surface area contributed by atoms with Gasteiger partial charge in [0.2, 0.25) is 5.91 Å². The third kappa shape index (κ3) is 6.26. The van der Waals surface area contributed by atoms with Crippen LogP contribution >= 0.6 is 0 Å². The summed E-state index contributed by atoms with van der Waals surface area (Å²) in [6.45, 7) is 2.50. The van der Waals surface area contributed by atoms with E-state index in [4.69, 9.17) is 9.90 Å². The monoisotopic (exact) mass is 563 g/mol. The molecule has 10 nitrogen and oxygen atoms in total. The van der Waals surface area contributed by atoms with Gasteiger partial charge < -0.3 is 25.1 Å². The lowest BCUT2D eigenvalue weighted by Gasteiger charge is -2.60. The maximum absolute atomic E-state index is 13.3. The lowest BCUT2D eigenvalue weighted by atomic mass is 9.83. The summed E-state index contributed by atoms with van der Waals surface area (Å²) in [7, 11) is 0. The van der Waals surface area contributed by atoms with E-state index in [9.17, 15) is 37.8 Å². The summed E-state index contributed by atoms with van der Waals surface area (Å²) < 4.78 is 31.7. The van der Waals surface area contributed by atoms with Crippen LogP contribution in [0.5, 0.6) is 0 Å². The third-order valence-corrected chi connectivity index (χ3v) is 7.33. The van der Waals surface area contributed by atoms with Crippen LogP contribution in [0.25, 0.3) is 0 Å². The second kappa shape index (κ2) is 11.3. The molecule has 3 aliphatic rings. The van der Waals surface area contributed by atoms with Gasteiger partial charge in [-0.3, -0.25) is 14.5 Å². The van der Waals surface area contributed by atoms with Crippen LogP contribution in [-0.4, -0.2) is 110 Å². The zero-order valence-corrected chi connectivity index (χ0v) is 21.3. The van der Waals surface area contributed by atoms with Crippen molar-refractivity contribution >= 4 is 23.8 Å². The Labute approximate surface area is 227 Å². The summed E-state index contributed by atoms with van der Waals surface area (Å²) in [5.41, 5.74) is 1.00. The maximum Gasteiger partial charge on any atom is 0.490 e. The molecule has 0 aromatic heterocycles. The van der Waals surface area contributed by atoms with E-state index in [0.29, 0.717) is 51.1 Å². The Balaban J connectivity index is 0.000000470. The number of aromatic carboxylic acids is 1. The Morgan fingerprint density at radius 3 is 2.08 bits per heavy atom. The fourth-order valence-corrected chi connectivity index (χ4v) is 5.54. The molecule has 3 aliphatic heterocycles. The SMILES string of the molecule is O=C(O)C(F)(F)F.O=C(O)c1cccc(C(=O)N2C[C@@H]3C[C@@H](O)CN3C3(CN(C(=O)Cc4ccccc4)C3)C2)c1. The Kier molecular flexibility index (Phi) is 8.17. The molecule has 13 heteroatoms. The minimum absolute atomic E-state index is 0.0201. The van der Waals surface area contributed by atoms with E-state index < -0.39 is 24.2 Å². The maximum atomic E-state index is 13.3. The molecule has 2 amide bonds. The number of amides is 2. The van der Waals surface area contributed by atoms with E-state index in [-0.39, 0.29) is 29.0 Å². The predicted octanol–water partition coefficient (Wildman–Crippen LogP) is 1.73. The number of likely N-dealkylation sites (tertiary alicyclic amines) is 1. The minimum Gasteiger partial charge on any atom is -0.478 e. The number of halogens is 3. The van der Waals surface area contributed by atoms with Crippen LogP contribution < -0.4 is 0 Å². The molecule has 3 fully saturated rings. The van der Waals surface area contributed by atoms with Gasteiger partial charge >= 0.3 is 18.1 Å². The van der Waals surface area contributed by atoms with Gasteiger partial charge in [0.05, 0.1) is 23.6 Å². The number of β-amino-alcohol motifs (C(OH)–C–C–N with tert-alkyl or cyclic N) is 1. The molecule has 3 heterocycles. The standard InChI is InChI=1S/C25H27N3O5.C2HF3O2/c29-21-11-20-12-26(23(31)18-7-4-8-19(10-18)24(32)33)14-25(28(20)13-21)15-27(16-25)22(30)9-17-5-2-1-3-6-17;3-2(4,5)1(6)7/h1-8,10,20-21,29H,9,11-16H2,(H,32,33);(H,6,7)/t20-,21+;/m0./s1. The number of carbonyl (C=O) groups excluding carboxylic acids is 2. The van der Waals surface area contributed by atoms with Crippen molar-refractivity contribution in [3.63, 3.8) is 0 Å². The third-order valence-electron chi connectivity index (χ3n) is 7.33. The van der Waals surface area contributed by atoms with Gasteiger partial charge in [0.25, 0.3) is 5.91 Å². The van der Waals surface area contributed by atoms with Crippen LogP contribution in [0.15, 0.2) is 54.6 Å². The van der Waals surface area contributed by atoms with Gasteiger partial charge in [0.15, 0.2) is 0 Å². The number of carboxylic acid groups (broad SMARTS) is 2. The number of piperazine rings is 1. The summed E-state index contributed by atoms with van der Waals surface area (Å²) in [5, 5.41) is 26.7. The van der Waals surface area contributed by atoms with E-state index in [1.807, 2.05) is 35.2 Å². The van der Waals surface area contributed by atoms with Gasteiger partial charge in [-0.1, -0.05) is 36.4 Å². The highest BCUT2D eigenvalue weighted by Crippen LogP contribution is 2.39. The number of nitrogens with zero attached hydrogens (tertiary/aromatic N) is 3. The van der Waals surface area contributed by atoms with Crippen LogP contribution in [0.1, 0.15) is 32.7 Å². The molecule has 5 rings (SSSR count). The van der Waals surface area contributed by atoms with E-state index in [0.717, 1.165) is 5.56 Å². The number of benzene rings is 2. The highest BCUT2D eigenvalue weighted by atomic mass is 19.4. The van der Waals surface area contributed by atoms with Gasteiger partial charge in [-0.25, -0.2) is 9.59 Å². The molecule has 2 aromatic carbocycles. The molecule has 3 saturated heterocycles. The average molecular weight is 564 g/mol. The summed E-state index contributed by atoms with van der Waals surface area (Å²) >= 11 is 0. The lowest BCUT2D eigenvalue weighted by molar-refractivity contribution is -0.192. The Bertz CT molecular complexity index is 1280. The van der Waals surface area contributed by atoms with E-state index in [1.54, 1.807) is 17.0 Å². The first-order valence-corrected chi connectivity index (χ1v) is 12.5. The van der Waals surface area contributed by atoms with Crippen molar-refractivity contribution in [2.75, 3.05) is 32.7 Å². The number of aliphatic carboxylic acids is 1. The fraction of sp³-hybridized carbons (Fsp3) is 0.407. The molecule has 2 aromatic rings. The average Bonchev–Trinajstić information content (AvgIpc) is 3.27. The number of alkyl halides is 3. The van der Waals surface area contributed by atoms with Gasteiger partial charge in [-0.15, -0.1) is 0 Å². The molecule has 0 aliphatic carbocycles. The molecule has 0 saturated carbocycles. The Morgan fingerprint density at radius 1 is 0.875 bits per heavy atom. The first-order valence-electron chi connectivity index (χ1n) is 12.5. The molecule has 1 spiro atoms. The number of rotatable bonds is 4. The molecule has 40 heavy (non-hydrogen) atoms. The first kappa shape index (κ1) is 29.0. The Morgan fingerprint density at radius 2 is 1.48 bits per heavy atom. The number of fused-ring (bicyclic) bond motifs is 2. The molecule has 2 atom stereocenters. The summed E-state index contributed by atoms with van der Waals surface area (Å²) in [6.07, 6.45) is -4.61. The van der Waals surface area contributed by atoms with Crippen molar-refractivity contribution in [3.05, 3.63) is 71.3 Å². The molecule has 0 radical (unpaired) electrons. The quantitative estimate of drug-likeness (QED) is 0.512. The van der Waals surface area contributed by atoms with Crippen LogP contribution in [0.2, 0.25) is 0 Å². The van der Waals surface area contributed by atoms with Crippen LogP contribution in [0.3, 0.4) is 0 Å². The number of aliphatic hydroxyl groups excluding tert-OH is 1.